The number of hydrogen-bond donors (Lipinski definition) is 1. The number of carbonyl (C=O) groups is 3. The number of rotatable bonds is 6. The van der Waals surface area contributed by atoms with Crippen LogP contribution < -0.4 is 5.32 Å². The third kappa shape index (κ3) is 5.78. The molecule has 5 nitrogen and oxygen atoms in total. The summed E-state index contributed by atoms with van der Waals surface area (Å²) in [6, 6.07) is 9.04. The first-order valence-electron chi connectivity index (χ1n) is 11.8. The summed E-state index contributed by atoms with van der Waals surface area (Å²) in [5, 5.41) is 2.69. The fourth-order valence-electron chi connectivity index (χ4n) is 4.88. The quantitative estimate of drug-likeness (QED) is 0.298. The van der Waals surface area contributed by atoms with E-state index in [4.69, 9.17) is 11.6 Å². The van der Waals surface area contributed by atoms with Crippen molar-refractivity contribution < 1.29 is 31.9 Å². The van der Waals surface area contributed by atoms with E-state index < -0.39 is 35.3 Å². The van der Waals surface area contributed by atoms with Crippen LogP contribution in [0.25, 0.3) is 11.3 Å². The van der Waals surface area contributed by atoms with Crippen molar-refractivity contribution in [3.05, 3.63) is 87.3 Å². The van der Waals surface area contributed by atoms with Crippen LogP contribution in [0, 0.1) is 25.6 Å². The molecular formula is C28H23ClF4N2O3. The molecule has 1 heterocycles. The van der Waals surface area contributed by atoms with Crippen LogP contribution in [0.4, 0.5) is 17.6 Å². The van der Waals surface area contributed by atoms with E-state index in [1.165, 1.54) is 18.3 Å². The zero-order valence-corrected chi connectivity index (χ0v) is 21.2. The lowest BCUT2D eigenvalue weighted by Gasteiger charge is -2.17. The number of nitrogens with one attached hydrogen (secondary N) is 1. The van der Waals surface area contributed by atoms with Crippen molar-refractivity contribution in [2.24, 2.45) is 5.92 Å². The summed E-state index contributed by atoms with van der Waals surface area (Å²) in [5.74, 6) is -3.74. The zero-order valence-electron chi connectivity index (χ0n) is 20.5. The molecule has 4 rings (SSSR count). The highest BCUT2D eigenvalue weighted by Crippen LogP contribution is 2.39. The minimum Gasteiger partial charge on any atom is -0.352 e. The first kappa shape index (κ1) is 27.4. The van der Waals surface area contributed by atoms with E-state index in [-0.39, 0.29) is 47.2 Å². The van der Waals surface area contributed by atoms with Gasteiger partial charge in [0.25, 0.3) is 0 Å². The molecule has 2 atom stereocenters. The number of hydrogen-bond acceptors (Lipinski definition) is 4. The zero-order chi connectivity index (χ0) is 27.8. The maximum atomic E-state index is 14.4. The van der Waals surface area contributed by atoms with Crippen LogP contribution in [-0.4, -0.2) is 22.5 Å². The molecule has 0 spiro atoms. The Morgan fingerprint density at radius 3 is 2.42 bits per heavy atom. The molecule has 1 aliphatic rings. The number of aryl methyl sites for hydroxylation is 2. The molecule has 0 aliphatic heterocycles. The first-order chi connectivity index (χ1) is 17.8. The highest BCUT2D eigenvalue weighted by atomic mass is 35.5. The Morgan fingerprint density at radius 1 is 1.11 bits per heavy atom. The fraction of sp³-hybridized carbons (Fsp3) is 0.286. The summed E-state index contributed by atoms with van der Waals surface area (Å²) in [6.45, 7) is 3.29. The maximum absolute atomic E-state index is 14.4. The van der Waals surface area contributed by atoms with Crippen molar-refractivity contribution in [3.8, 4) is 11.3 Å². The lowest BCUT2D eigenvalue weighted by atomic mass is 9.85. The molecule has 0 bridgehead atoms. The second-order valence-electron chi connectivity index (χ2n) is 9.39. The van der Waals surface area contributed by atoms with Gasteiger partial charge in [-0.25, -0.2) is 4.39 Å². The molecule has 2 aromatic carbocycles. The van der Waals surface area contributed by atoms with Gasteiger partial charge in [-0.2, -0.15) is 13.2 Å². The van der Waals surface area contributed by atoms with Crippen LogP contribution in [0.15, 0.2) is 48.7 Å². The number of ketones is 2. The van der Waals surface area contributed by atoms with Crippen molar-refractivity contribution in [1.29, 1.82) is 0 Å². The molecule has 1 aromatic heterocycles. The molecule has 1 N–H and O–H groups in total. The average molecular weight is 547 g/mol. The predicted octanol–water partition coefficient (Wildman–Crippen LogP) is 6.12. The van der Waals surface area contributed by atoms with Gasteiger partial charge in [0.2, 0.25) is 5.91 Å². The predicted molar refractivity (Wildman–Crippen MR) is 133 cm³/mol. The normalized spacial score (nSPS) is 17.7. The van der Waals surface area contributed by atoms with Crippen LogP contribution in [-0.2, 0) is 27.1 Å². The number of amides is 1. The number of benzene rings is 2. The van der Waals surface area contributed by atoms with Gasteiger partial charge in [-0.3, -0.25) is 19.4 Å². The van der Waals surface area contributed by atoms with E-state index in [2.05, 4.69) is 10.3 Å². The number of carbonyl (C=O) groups excluding carboxylic acids is 3. The number of Topliss-reactive ketones (excluding diaryl/α,β-unsaturated/α-hetero) is 2. The van der Waals surface area contributed by atoms with E-state index in [1.54, 1.807) is 26.0 Å². The fourth-order valence-corrected chi connectivity index (χ4v) is 5.02. The molecule has 38 heavy (non-hydrogen) atoms. The van der Waals surface area contributed by atoms with Gasteiger partial charge < -0.3 is 5.32 Å². The SMILES string of the molecule is Cc1cc(-c2ncc(Cl)cc2F)cc(C)c1C1C(=O)CC(CC(=O)NCc2cccc(C(F)(F)F)c2)C1=O. The van der Waals surface area contributed by atoms with Gasteiger partial charge in [0.1, 0.15) is 17.4 Å². The Labute approximate surface area is 221 Å². The minimum atomic E-state index is -4.50. The van der Waals surface area contributed by atoms with Gasteiger partial charge in [0, 0.05) is 37.1 Å². The van der Waals surface area contributed by atoms with E-state index in [0.29, 0.717) is 22.3 Å². The van der Waals surface area contributed by atoms with Gasteiger partial charge >= 0.3 is 6.18 Å². The Morgan fingerprint density at radius 2 is 1.79 bits per heavy atom. The van der Waals surface area contributed by atoms with Crippen LogP contribution in [0.3, 0.4) is 0 Å². The molecule has 0 radical (unpaired) electrons. The summed E-state index contributed by atoms with van der Waals surface area (Å²) in [5.41, 5.74) is 1.74. The van der Waals surface area contributed by atoms with Gasteiger partial charge in [0.15, 0.2) is 11.6 Å². The minimum absolute atomic E-state index is 0.0894. The summed E-state index contributed by atoms with van der Waals surface area (Å²) in [7, 11) is 0. The molecule has 3 aromatic rings. The molecule has 1 amide bonds. The van der Waals surface area contributed by atoms with Crippen LogP contribution in [0.1, 0.15) is 46.6 Å². The number of halogens is 5. The van der Waals surface area contributed by atoms with Crippen molar-refractivity contribution in [2.45, 2.75) is 45.3 Å². The molecule has 1 aliphatic carbocycles. The van der Waals surface area contributed by atoms with E-state index in [0.717, 1.165) is 18.2 Å². The Balaban J connectivity index is 1.47. The van der Waals surface area contributed by atoms with Crippen molar-refractivity contribution in [3.63, 3.8) is 0 Å². The smallest absolute Gasteiger partial charge is 0.352 e. The topological polar surface area (TPSA) is 76.1 Å². The second kappa shape index (κ2) is 10.6. The molecule has 198 valence electrons. The average Bonchev–Trinajstić information content (AvgIpc) is 3.09. The summed E-state index contributed by atoms with van der Waals surface area (Å²) in [6.07, 6.45) is -3.55. The highest BCUT2D eigenvalue weighted by Gasteiger charge is 2.44. The second-order valence-corrected chi connectivity index (χ2v) is 9.83. The molecule has 0 saturated heterocycles. The van der Waals surface area contributed by atoms with Crippen LogP contribution in [0.2, 0.25) is 5.02 Å². The molecule has 10 heteroatoms. The van der Waals surface area contributed by atoms with Crippen LogP contribution >= 0.6 is 11.6 Å². The first-order valence-corrected chi connectivity index (χ1v) is 12.1. The maximum Gasteiger partial charge on any atom is 0.416 e. The Kier molecular flexibility index (Phi) is 7.69. The number of aromatic nitrogens is 1. The highest BCUT2D eigenvalue weighted by molar-refractivity contribution is 6.30. The Bertz CT molecular complexity index is 1410. The summed E-state index contributed by atoms with van der Waals surface area (Å²) < 4.78 is 53.1. The molecule has 1 fully saturated rings. The number of pyridine rings is 1. The summed E-state index contributed by atoms with van der Waals surface area (Å²) >= 11 is 5.79. The molecule has 2 unspecified atom stereocenters. The van der Waals surface area contributed by atoms with Crippen molar-refractivity contribution in [2.75, 3.05) is 0 Å². The third-order valence-corrected chi connectivity index (χ3v) is 6.80. The number of nitrogens with zero attached hydrogens (tertiary/aromatic N) is 1. The largest absolute Gasteiger partial charge is 0.416 e. The van der Waals surface area contributed by atoms with E-state index in [9.17, 15) is 31.9 Å². The van der Waals surface area contributed by atoms with Crippen molar-refractivity contribution in [1.82, 2.24) is 10.3 Å². The van der Waals surface area contributed by atoms with E-state index >= 15 is 0 Å². The molecular weight excluding hydrogens is 524 g/mol. The van der Waals surface area contributed by atoms with Crippen molar-refractivity contribution >= 4 is 29.1 Å². The number of alkyl halides is 3. The van der Waals surface area contributed by atoms with Gasteiger partial charge in [-0.15, -0.1) is 0 Å². The third-order valence-electron chi connectivity index (χ3n) is 6.60. The monoisotopic (exact) mass is 546 g/mol. The van der Waals surface area contributed by atoms with Gasteiger partial charge in [-0.05, 0) is 66.4 Å². The van der Waals surface area contributed by atoms with Gasteiger partial charge in [-0.1, -0.05) is 23.7 Å². The van der Waals surface area contributed by atoms with E-state index in [1.807, 2.05) is 0 Å². The molecule has 1 saturated carbocycles. The Hall–Kier alpha value is -3.59. The van der Waals surface area contributed by atoms with Gasteiger partial charge in [0.05, 0.1) is 10.6 Å². The standard InChI is InChI=1S/C28H23ClF4N2O3/c1-14-6-17(26-21(30)11-20(29)13-35-26)7-15(2)24(14)25-22(36)9-18(27(25)38)10-23(37)34-12-16-4-3-5-19(8-16)28(31,32)33/h3-8,11,13,18,25H,9-10,12H2,1-2H3,(H,34,37). The van der Waals surface area contributed by atoms with Crippen LogP contribution in [0.5, 0.6) is 0 Å². The lowest BCUT2D eigenvalue weighted by molar-refractivity contribution is -0.137. The lowest BCUT2D eigenvalue weighted by Crippen LogP contribution is -2.27. The summed E-state index contributed by atoms with van der Waals surface area (Å²) in [4.78, 5) is 42.7.